The van der Waals surface area contributed by atoms with Gasteiger partial charge in [0.1, 0.15) is 5.60 Å². The summed E-state index contributed by atoms with van der Waals surface area (Å²) in [6.07, 6.45) is 10.3. The molecular weight excluding hydrogens is 460 g/mol. The third-order valence-corrected chi connectivity index (χ3v) is 6.02. The molecule has 3 aromatic rings. The molecule has 0 atom stereocenters. The molecule has 4 rings (SSSR count). The van der Waals surface area contributed by atoms with Gasteiger partial charge in [0.05, 0.1) is 12.3 Å². The number of nitrogens with one attached hydrogen (secondary N) is 2. The average molecular weight is 495 g/mol. The molecule has 10 heteroatoms. The first-order valence-electron chi connectivity index (χ1n) is 12.4. The summed E-state index contributed by atoms with van der Waals surface area (Å²) in [4.78, 5) is 37.8. The summed E-state index contributed by atoms with van der Waals surface area (Å²) in [7, 11) is 0. The topological polar surface area (TPSA) is 120 Å². The summed E-state index contributed by atoms with van der Waals surface area (Å²) in [6, 6.07) is 3.90. The lowest BCUT2D eigenvalue weighted by molar-refractivity contribution is 0.0485. The van der Waals surface area contributed by atoms with Crippen LogP contribution in [0.3, 0.4) is 0 Å². The minimum Gasteiger partial charge on any atom is -0.461 e. The zero-order valence-corrected chi connectivity index (χ0v) is 21.3. The number of hydrogen-bond donors (Lipinski definition) is 2. The Morgan fingerprint density at radius 3 is 2.47 bits per heavy atom. The molecule has 1 amide bonds. The monoisotopic (exact) mass is 494 g/mol. The Balaban J connectivity index is 1.45. The number of carbonyl (C=O) groups excluding carboxylic acids is 2. The molecular formula is C26H34N6O4. The van der Waals surface area contributed by atoms with Crippen molar-refractivity contribution in [3.8, 4) is 11.3 Å². The standard InChI is InChI=1S/C26H34N6O4/c1-5-35-24(33)21-16-32-15-20(18-10-12-27-13-11-18)30-22(23(32)31-21)28-14-17-6-8-19(9-7-17)29-25(34)36-26(2,3)4/h10-13,15-17,19H,5-9,14H2,1-4H3,(H,28,30)(H,29,34). The molecule has 0 bridgehead atoms. The van der Waals surface area contributed by atoms with Gasteiger partial charge in [-0.25, -0.2) is 19.6 Å². The number of pyridine rings is 1. The van der Waals surface area contributed by atoms with E-state index in [0.29, 0.717) is 23.9 Å². The van der Waals surface area contributed by atoms with Crippen molar-refractivity contribution < 1.29 is 19.1 Å². The van der Waals surface area contributed by atoms with E-state index in [1.54, 1.807) is 29.9 Å². The molecule has 192 valence electrons. The lowest BCUT2D eigenvalue weighted by Crippen LogP contribution is -2.41. The van der Waals surface area contributed by atoms with Gasteiger partial charge in [0, 0.05) is 42.9 Å². The number of carbonyl (C=O) groups is 2. The van der Waals surface area contributed by atoms with E-state index in [0.717, 1.165) is 36.9 Å². The van der Waals surface area contributed by atoms with Crippen molar-refractivity contribution in [1.29, 1.82) is 0 Å². The van der Waals surface area contributed by atoms with Gasteiger partial charge < -0.3 is 24.5 Å². The summed E-state index contributed by atoms with van der Waals surface area (Å²) >= 11 is 0. The van der Waals surface area contributed by atoms with Gasteiger partial charge in [0.2, 0.25) is 0 Å². The molecule has 0 aliphatic heterocycles. The number of anilines is 1. The molecule has 3 heterocycles. The van der Waals surface area contributed by atoms with Crippen molar-refractivity contribution in [2.45, 2.75) is 65.0 Å². The number of aromatic nitrogens is 4. The van der Waals surface area contributed by atoms with E-state index in [4.69, 9.17) is 14.5 Å². The minimum atomic E-state index is -0.506. The van der Waals surface area contributed by atoms with E-state index in [9.17, 15) is 9.59 Å². The second-order valence-electron chi connectivity index (χ2n) is 10.0. The van der Waals surface area contributed by atoms with Gasteiger partial charge >= 0.3 is 12.1 Å². The van der Waals surface area contributed by atoms with Crippen molar-refractivity contribution in [2.24, 2.45) is 5.92 Å². The summed E-state index contributed by atoms with van der Waals surface area (Å²) in [6.45, 7) is 8.34. The van der Waals surface area contributed by atoms with Gasteiger partial charge in [-0.2, -0.15) is 0 Å². The van der Waals surface area contributed by atoms with Gasteiger partial charge in [-0.05, 0) is 71.4 Å². The Morgan fingerprint density at radius 1 is 1.08 bits per heavy atom. The van der Waals surface area contributed by atoms with Gasteiger partial charge in [-0.3, -0.25) is 4.98 Å². The molecule has 10 nitrogen and oxygen atoms in total. The maximum atomic E-state index is 12.3. The Hall–Kier alpha value is -3.69. The van der Waals surface area contributed by atoms with E-state index in [2.05, 4.69) is 20.6 Å². The third-order valence-electron chi connectivity index (χ3n) is 6.02. The number of amides is 1. The normalized spacial score (nSPS) is 18.0. The molecule has 1 aliphatic rings. The summed E-state index contributed by atoms with van der Waals surface area (Å²) < 4.78 is 12.3. The first kappa shape index (κ1) is 25.4. The lowest BCUT2D eigenvalue weighted by atomic mass is 9.86. The summed E-state index contributed by atoms with van der Waals surface area (Å²) in [5, 5.41) is 6.45. The highest BCUT2D eigenvalue weighted by atomic mass is 16.6. The fourth-order valence-corrected chi connectivity index (χ4v) is 4.31. The number of rotatable bonds is 7. The van der Waals surface area contributed by atoms with Crippen LogP contribution in [-0.4, -0.2) is 56.2 Å². The highest BCUT2D eigenvalue weighted by Crippen LogP contribution is 2.27. The van der Waals surface area contributed by atoms with Crippen LogP contribution in [0.15, 0.2) is 36.9 Å². The van der Waals surface area contributed by atoms with Gasteiger partial charge in [-0.1, -0.05) is 0 Å². The van der Waals surface area contributed by atoms with E-state index < -0.39 is 11.6 Å². The Labute approximate surface area is 210 Å². The third kappa shape index (κ3) is 6.50. The molecule has 1 saturated carbocycles. The van der Waals surface area contributed by atoms with Crippen LogP contribution in [0.5, 0.6) is 0 Å². The van der Waals surface area contributed by atoms with Crippen molar-refractivity contribution in [3.05, 3.63) is 42.6 Å². The van der Waals surface area contributed by atoms with Crippen molar-refractivity contribution in [2.75, 3.05) is 18.5 Å². The van der Waals surface area contributed by atoms with Crippen LogP contribution in [0, 0.1) is 5.92 Å². The van der Waals surface area contributed by atoms with Crippen LogP contribution in [0.1, 0.15) is 63.9 Å². The Bertz CT molecular complexity index is 1200. The average Bonchev–Trinajstić information content (AvgIpc) is 3.27. The smallest absolute Gasteiger partial charge is 0.407 e. The number of esters is 1. The molecule has 0 aromatic carbocycles. The summed E-state index contributed by atoms with van der Waals surface area (Å²) in [5.74, 6) is 0.565. The van der Waals surface area contributed by atoms with E-state index >= 15 is 0 Å². The molecule has 1 aliphatic carbocycles. The highest BCUT2D eigenvalue weighted by Gasteiger charge is 2.25. The Morgan fingerprint density at radius 2 is 1.81 bits per heavy atom. The van der Waals surface area contributed by atoms with Crippen molar-refractivity contribution >= 4 is 23.5 Å². The quantitative estimate of drug-likeness (QED) is 0.462. The maximum Gasteiger partial charge on any atom is 0.407 e. The molecule has 0 spiro atoms. The molecule has 0 radical (unpaired) electrons. The zero-order valence-electron chi connectivity index (χ0n) is 21.3. The predicted molar refractivity (Wildman–Crippen MR) is 136 cm³/mol. The number of ether oxygens (including phenoxy) is 2. The SMILES string of the molecule is CCOC(=O)c1cn2cc(-c3ccncc3)nc(NCC3CCC(NC(=O)OC(C)(C)C)CC3)c2n1. The fraction of sp³-hybridized carbons (Fsp3) is 0.500. The molecule has 3 aromatic heterocycles. The van der Waals surface area contributed by atoms with Crippen LogP contribution in [0.4, 0.5) is 10.6 Å². The minimum absolute atomic E-state index is 0.121. The largest absolute Gasteiger partial charge is 0.461 e. The lowest BCUT2D eigenvalue weighted by Gasteiger charge is -2.30. The van der Waals surface area contributed by atoms with Crippen LogP contribution in [-0.2, 0) is 9.47 Å². The number of imidazole rings is 1. The second-order valence-corrected chi connectivity index (χ2v) is 10.0. The second kappa shape index (κ2) is 10.9. The van der Waals surface area contributed by atoms with Crippen LogP contribution >= 0.6 is 0 Å². The van der Waals surface area contributed by atoms with E-state index in [-0.39, 0.29) is 24.4 Å². The van der Waals surface area contributed by atoms with E-state index in [1.807, 2.05) is 39.1 Å². The molecule has 1 fully saturated rings. The van der Waals surface area contributed by atoms with Crippen molar-refractivity contribution in [1.82, 2.24) is 24.7 Å². The van der Waals surface area contributed by atoms with Crippen LogP contribution < -0.4 is 10.6 Å². The number of nitrogens with zero attached hydrogens (tertiary/aromatic N) is 4. The number of hydrogen-bond acceptors (Lipinski definition) is 8. The van der Waals surface area contributed by atoms with Crippen LogP contribution in [0.2, 0.25) is 0 Å². The maximum absolute atomic E-state index is 12.3. The molecule has 36 heavy (non-hydrogen) atoms. The van der Waals surface area contributed by atoms with Gasteiger partial charge in [0.15, 0.2) is 17.2 Å². The molecule has 0 unspecified atom stereocenters. The summed E-state index contributed by atoms with van der Waals surface area (Å²) in [5.41, 5.74) is 1.95. The van der Waals surface area contributed by atoms with Crippen molar-refractivity contribution in [3.63, 3.8) is 0 Å². The zero-order chi connectivity index (χ0) is 25.7. The first-order valence-corrected chi connectivity index (χ1v) is 12.4. The number of alkyl carbamates (subject to hydrolysis) is 1. The Kier molecular flexibility index (Phi) is 7.71. The fourth-order valence-electron chi connectivity index (χ4n) is 4.31. The molecule has 0 saturated heterocycles. The van der Waals surface area contributed by atoms with Gasteiger partial charge in [-0.15, -0.1) is 0 Å². The number of fused-ring (bicyclic) bond motifs is 1. The van der Waals surface area contributed by atoms with Crippen LogP contribution in [0.25, 0.3) is 16.9 Å². The van der Waals surface area contributed by atoms with Gasteiger partial charge in [0.25, 0.3) is 0 Å². The highest BCUT2D eigenvalue weighted by molar-refractivity contribution is 5.89. The predicted octanol–water partition coefficient (Wildman–Crippen LogP) is 4.46. The first-order chi connectivity index (χ1) is 17.2. The molecule has 2 N–H and O–H groups in total. The van der Waals surface area contributed by atoms with E-state index in [1.165, 1.54) is 0 Å².